The number of rotatable bonds is 1. The van der Waals surface area contributed by atoms with Crippen LogP contribution in [0.2, 0.25) is 0 Å². The minimum Gasteiger partial charge on any atom is -0.329 e. The zero-order valence-corrected chi connectivity index (χ0v) is 8.88. The second-order valence-electron chi connectivity index (χ2n) is 4.27. The van der Waals surface area contributed by atoms with Crippen molar-refractivity contribution in [1.82, 2.24) is 4.98 Å². The SMILES string of the molecule is Cc1c[nH]c(=O)c(C2CCC(=O)CC2)c1. The van der Waals surface area contributed by atoms with Crippen LogP contribution in [-0.4, -0.2) is 10.8 Å². The summed E-state index contributed by atoms with van der Waals surface area (Å²) < 4.78 is 0. The van der Waals surface area contributed by atoms with Crippen LogP contribution in [0.1, 0.15) is 42.7 Å². The molecule has 1 saturated carbocycles. The smallest absolute Gasteiger partial charge is 0.251 e. The lowest BCUT2D eigenvalue weighted by Gasteiger charge is -2.20. The minimum absolute atomic E-state index is 0.0000472. The molecule has 0 saturated heterocycles. The summed E-state index contributed by atoms with van der Waals surface area (Å²) in [5.74, 6) is 0.599. The fraction of sp³-hybridized carbons (Fsp3) is 0.500. The van der Waals surface area contributed by atoms with E-state index in [9.17, 15) is 9.59 Å². The Morgan fingerprint density at radius 3 is 2.60 bits per heavy atom. The quantitative estimate of drug-likeness (QED) is 0.761. The Morgan fingerprint density at radius 1 is 1.27 bits per heavy atom. The summed E-state index contributed by atoms with van der Waals surface area (Å²) in [4.78, 5) is 25.5. The molecule has 0 aliphatic heterocycles. The number of aryl methyl sites for hydroxylation is 1. The lowest BCUT2D eigenvalue weighted by Crippen LogP contribution is -2.20. The van der Waals surface area contributed by atoms with Crippen LogP contribution in [0.3, 0.4) is 0 Å². The van der Waals surface area contributed by atoms with Gasteiger partial charge in [0, 0.05) is 24.6 Å². The monoisotopic (exact) mass is 205 g/mol. The standard InChI is InChI=1S/C12H15NO2/c1-8-6-11(12(15)13-7-8)9-2-4-10(14)5-3-9/h6-7,9H,2-5H2,1H3,(H,13,15). The molecule has 0 amide bonds. The highest BCUT2D eigenvalue weighted by Crippen LogP contribution is 2.29. The molecular weight excluding hydrogens is 190 g/mol. The molecule has 3 heteroatoms. The predicted octanol–water partition coefficient (Wildman–Crippen LogP) is 1.91. The van der Waals surface area contributed by atoms with Gasteiger partial charge in [0.05, 0.1) is 0 Å². The van der Waals surface area contributed by atoms with E-state index >= 15 is 0 Å². The fourth-order valence-corrected chi connectivity index (χ4v) is 2.17. The molecule has 80 valence electrons. The fourth-order valence-electron chi connectivity index (χ4n) is 2.17. The van der Waals surface area contributed by atoms with E-state index in [0.29, 0.717) is 18.6 Å². The van der Waals surface area contributed by atoms with E-state index in [1.165, 1.54) is 0 Å². The summed E-state index contributed by atoms with van der Waals surface area (Å²) in [5.41, 5.74) is 1.92. The summed E-state index contributed by atoms with van der Waals surface area (Å²) in [6.07, 6.45) is 4.62. The van der Waals surface area contributed by atoms with Gasteiger partial charge in [0.15, 0.2) is 0 Å². The zero-order chi connectivity index (χ0) is 10.8. The van der Waals surface area contributed by atoms with Crippen LogP contribution in [0.4, 0.5) is 0 Å². The van der Waals surface area contributed by atoms with Crippen molar-refractivity contribution in [3.8, 4) is 0 Å². The highest BCUT2D eigenvalue weighted by atomic mass is 16.1. The van der Waals surface area contributed by atoms with Crippen molar-refractivity contribution in [3.63, 3.8) is 0 Å². The summed E-state index contributed by atoms with van der Waals surface area (Å²) in [7, 11) is 0. The van der Waals surface area contributed by atoms with Crippen molar-refractivity contribution in [3.05, 3.63) is 33.7 Å². The molecule has 1 aliphatic carbocycles. The van der Waals surface area contributed by atoms with Gasteiger partial charge < -0.3 is 4.98 Å². The summed E-state index contributed by atoms with van der Waals surface area (Å²) >= 11 is 0. The molecule has 1 aromatic heterocycles. The molecule has 0 spiro atoms. The van der Waals surface area contributed by atoms with Crippen molar-refractivity contribution >= 4 is 5.78 Å². The topological polar surface area (TPSA) is 49.9 Å². The van der Waals surface area contributed by atoms with Gasteiger partial charge in [0.25, 0.3) is 5.56 Å². The first-order valence-corrected chi connectivity index (χ1v) is 5.38. The number of aromatic nitrogens is 1. The number of hydrogen-bond donors (Lipinski definition) is 1. The average molecular weight is 205 g/mol. The molecule has 0 aromatic carbocycles. The molecule has 1 aromatic rings. The van der Waals surface area contributed by atoms with Gasteiger partial charge in [-0.2, -0.15) is 0 Å². The van der Waals surface area contributed by atoms with Crippen LogP contribution < -0.4 is 5.56 Å². The van der Waals surface area contributed by atoms with Gasteiger partial charge in [-0.25, -0.2) is 0 Å². The first-order chi connectivity index (χ1) is 7.16. The van der Waals surface area contributed by atoms with E-state index in [1.54, 1.807) is 6.20 Å². The van der Waals surface area contributed by atoms with Crippen LogP contribution in [-0.2, 0) is 4.79 Å². The Morgan fingerprint density at radius 2 is 1.93 bits per heavy atom. The first-order valence-electron chi connectivity index (χ1n) is 5.38. The van der Waals surface area contributed by atoms with Crippen LogP contribution in [0, 0.1) is 6.92 Å². The molecule has 0 bridgehead atoms. The Balaban J connectivity index is 2.26. The maximum atomic E-state index is 11.6. The molecule has 2 rings (SSSR count). The molecule has 1 aliphatic rings. The normalized spacial score (nSPS) is 18.1. The molecule has 0 atom stereocenters. The second kappa shape index (κ2) is 4.01. The number of Topliss-reactive ketones (excluding diaryl/α,β-unsaturated/α-hetero) is 1. The average Bonchev–Trinajstić information content (AvgIpc) is 2.23. The van der Waals surface area contributed by atoms with Gasteiger partial charge in [-0.3, -0.25) is 9.59 Å². The molecule has 3 nitrogen and oxygen atoms in total. The summed E-state index contributed by atoms with van der Waals surface area (Å²) in [6.45, 7) is 1.97. The Hall–Kier alpha value is -1.38. The molecule has 15 heavy (non-hydrogen) atoms. The van der Waals surface area contributed by atoms with Gasteiger partial charge in [-0.1, -0.05) is 0 Å². The Kier molecular flexibility index (Phi) is 2.71. The van der Waals surface area contributed by atoms with Crippen molar-refractivity contribution in [2.75, 3.05) is 0 Å². The predicted molar refractivity (Wildman–Crippen MR) is 58.0 cm³/mol. The van der Waals surface area contributed by atoms with Gasteiger partial charge in [-0.15, -0.1) is 0 Å². The van der Waals surface area contributed by atoms with Gasteiger partial charge >= 0.3 is 0 Å². The Bertz CT molecular complexity index is 423. The van der Waals surface area contributed by atoms with Crippen LogP contribution >= 0.6 is 0 Å². The molecule has 1 N–H and O–H groups in total. The second-order valence-corrected chi connectivity index (χ2v) is 4.27. The zero-order valence-electron chi connectivity index (χ0n) is 8.88. The highest BCUT2D eigenvalue weighted by Gasteiger charge is 2.22. The van der Waals surface area contributed by atoms with Gasteiger partial charge in [0.1, 0.15) is 5.78 Å². The van der Waals surface area contributed by atoms with Crippen molar-refractivity contribution in [1.29, 1.82) is 0 Å². The number of aromatic amines is 1. The van der Waals surface area contributed by atoms with E-state index in [2.05, 4.69) is 4.98 Å². The number of carbonyl (C=O) groups is 1. The molecule has 1 heterocycles. The van der Waals surface area contributed by atoms with E-state index in [4.69, 9.17) is 0 Å². The molecule has 1 fully saturated rings. The number of hydrogen-bond acceptors (Lipinski definition) is 2. The van der Waals surface area contributed by atoms with Crippen molar-refractivity contribution in [2.45, 2.75) is 38.5 Å². The Labute approximate surface area is 88.5 Å². The highest BCUT2D eigenvalue weighted by molar-refractivity contribution is 5.79. The number of ketones is 1. The molecule has 0 radical (unpaired) electrons. The van der Waals surface area contributed by atoms with E-state index in [-0.39, 0.29) is 11.5 Å². The maximum absolute atomic E-state index is 11.6. The van der Waals surface area contributed by atoms with E-state index in [0.717, 1.165) is 24.0 Å². The van der Waals surface area contributed by atoms with Crippen LogP contribution in [0.5, 0.6) is 0 Å². The van der Waals surface area contributed by atoms with E-state index in [1.807, 2.05) is 13.0 Å². The third-order valence-electron chi connectivity index (χ3n) is 3.06. The lowest BCUT2D eigenvalue weighted by molar-refractivity contribution is -0.120. The number of carbonyl (C=O) groups excluding carboxylic acids is 1. The summed E-state index contributed by atoms with van der Waals surface area (Å²) in [5, 5.41) is 0. The van der Waals surface area contributed by atoms with Crippen LogP contribution in [0.25, 0.3) is 0 Å². The third kappa shape index (κ3) is 2.17. The van der Waals surface area contributed by atoms with Crippen molar-refractivity contribution in [2.24, 2.45) is 0 Å². The number of pyridine rings is 1. The number of nitrogens with one attached hydrogen (secondary N) is 1. The summed E-state index contributed by atoms with van der Waals surface area (Å²) in [6, 6.07) is 1.94. The van der Waals surface area contributed by atoms with Crippen molar-refractivity contribution < 1.29 is 4.79 Å². The van der Waals surface area contributed by atoms with Crippen LogP contribution in [0.15, 0.2) is 17.1 Å². The number of H-pyrrole nitrogens is 1. The third-order valence-corrected chi connectivity index (χ3v) is 3.06. The largest absolute Gasteiger partial charge is 0.329 e. The minimum atomic E-state index is -0.0000472. The van der Waals surface area contributed by atoms with Gasteiger partial charge in [0.2, 0.25) is 0 Å². The van der Waals surface area contributed by atoms with E-state index < -0.39 is 0 Å². The lowest BCUT2D eigenvalue weighted by atomic mass is 9.84. The maximum Gasteiger partial charge on any atom is 0.251 e. The molecular formula is C12H15NO2. The molecule has 0 unspecified atom stereocenters. The van der Waals surface area contributed by atoms with Gasteiger partial charge in [-0.05, 0) is 37.3 Å². The first kappa shape index (κ1) is 10.1.